The fourth-order valence-electron chi connectivity index (χ4n) is 1.20. The summed E-state index contributed by atoms with van der Waals surface area (Å²) in [5, 5.41) is 40.8. The van der Waals surface area contributed by atoms with Crippen molar-refractivity contribution in [1.82, 2.24) is 5.12 Å². The Kier molecular flexibility index (Phi) is 6.84. The van der Waals surface area contributed by atoms with Gasteiger partial charge in [-0.05, 0) is 0 Å². The number of rotatable bonds is 10. The molecule has 0 atom stereocenters. The van der Waals surface area contributed by atoms with Crippen LogP contribution in [-0.4, -0.2) is 50.2 Å². The van der Waals surface area contributed by atoms with Crippen LogP contribution in [0.3, 0.4) is 0 Å². The predicted molar refractivity (Wildman–Crippen MR) is 57.5 cm³/mol. The normalized spacial score (nSPS) is 11.0. The minimum atomic E-state index is -2.20. The van der Waals surface area contributed by atoms with Crippen molar-refractivity contribution in [3.8, 4) is 0 Å². The van der Waals surface area contributed by atoms with E-state index in [9.17, 15) is 44.9 Å². The second-order valence-electron chi connectivity index (χ2n) is 3.59. The SMILES string of the molecule is O=[N+]([O-])C(CCN(F)CCC([N+](=O)[O-])[N+](=O)[O-])[N+](=O)[O-]. The van der Waals surface area contributed by atoms with Crippen molar-refractivity contribution >= 4 is 0 Å². The summed E-state index contributed by atoms with van der Waals surface area (Å²) >= 11 is 0. The van der Waals surface area contributed by atoms with E-state index < -0.39 is 58.0 Å². The molecule has 0 aliphatic heterocycles. The first-order valence-corrected chi connectivity index (χ1v) is 5.11. The number of hydrogen-bond donors (Lipinski definition) is 0. The maximum absolute atomic E-state index is 13.1. The second-order valence-corrected chi connectivity index (χ2v) is 3.59. The quantitative estimate of drug-likeness (QED) is 0.227. The molecule has 0 aromatic rings. The molecule has 0 aliphatic rings. The fourth-order valence-corrected chi connectivity index (χ4v) is 1.20. The van der Waals surface area contributed by atoms with Crippen LogP contribution in [0.25, 0.3) is 0 Å². The van der Waals surface area contributed by atoms with Crippen LogP contribution in [0.15, 0.2) is 0 Å². The summed E-state index contributed by atoms with van der Waals surface area (Å²) in [5.74, 6) is 0. The molecule has 0 amide bonds. The lowest BCUT2D eigenvalue weighted by atomic mass is 10.3. The van der Waals surface area contributed by atoms with Gasteiger partial charge in [-0.1, -0.05) is 0 Å². The van der Waals surface area contributed by atoms with Crippen molar-refractivity contribution in [3.05, 3.63) is 40.5 Å². The van der Waals surface area contributed by atoms with Gasteiger partial charge in [-0.2, -0.15) is 0 Å². The van der Waals surface area contributed by atoms with E-state index in [0.29, 0.717) is 0 Å². The van der Waals surface area contributed by atoms with Crippen LogP contribution >= 0.6 is 0 Å². The van der Waals surface area contributed by atoms with Crippen molar-refractivity contribution in [2.24, 2.45) is 0 Å². The lowest BCUT2D eigenvalue weighted by Crippen LogP contribution is -2.35. The van der Waals surface area contributed by atoms with Crippen LogP contribution in [0.4, 0.5) is 4.48 Å². The molecule has 0 saturated carbocycles. The van der Waals surface area contributed by atoms with Gasteiger partial charge < -0.3 is 0 Å². The zero-order chi connectivity index (χ0) is 15.9. The lowest BCUT2D eigenvalue weighted by Gasteiger charge is -2.10. The van der Waals surface area contributed by atoms with Gasteiger partial charge in [-0.3, -0.25) is 40.5 Å². The van der Waals surface area contributed by atoms with Gasteiger partial charge in [0.15, 0.2) is 0 Å². The third kappa shape index (κ3) is 5.89. The molecule has 0 aromatic carbocycles. The lowest BCUT2D eigenvalue weighted by molar-refractivity contribution is -0.743. The molecule has 0 rings (SSSR count). The van der Waals surface area contributed by atoms with Crippen LogP contribution in [0.1, 0.15) is 12.8 Å². The van der Waals surface area contributed by atoms with E-state index in [0.717, 1.165) is 0 Å². The molecule has 0 unspecified atom stereocenters. The Morgan fingerprint density at radius 1 is 0.750 bits per heavy atom. The molecule has 0 saturated heterocycles. The Balaban J connectivity index is 4.26. The molecule has 0 bridgehead atoms. The van der Waals surface area contributed by atoms with Crippen LogP contribution < -0.4 is 0 Å². The first kappa shape index (κ1) is 17.5. The molecule has 0 aliphatic carbocycles. The van der Waals surface area contributed by atoms with Gasteiger partial charge in [0.05, 0.1) is 19.7 Å². The third-order valence-corrected chi connectivity index (χ3v) is 2.23. The molecule has 0 spiro atoms. The zero-order valence-corrected chi connectivity index (χ0v) is 9.86. The summed E-state index contributed by atoms with van der Waals surface area (Å²) in [7, 11) is 0. The Hall–Kier alpha value is -2.51. The Bertz CT molecular complexity index is 341. The van der Waals surface area contributed by atoms with Gasteiger partial charge in [-0.25, -0.2) is 0 Å². The molecule has 114 valence electrons. The number of halogens is 1. The van der Waals surface area contributed by atoms with Crippen LogP contribution in [-0.2, 0) is 0 Å². The topological polar surface area (TPSA) is 176 Å². The Labute approximate surface area is 109 Å². The number of nitro groups is 4. The highest BCUT2D eigenvalue weighted by atomic mass is 19.2. The van der Waals surface area contributed by atoms with Crippen molar-refractivity contribution in [2.45, 2.75) is 25.2 Å². The van der Waals surface area contributed by atoms with Crippen molar-refractivity contribution in [2.75, 3.05) is 13.1 Å². The van der Waals surface area contributed by atoms with Gasteiger partial charge in [0, 0.05) is 13.1 Å². The van der Waals surface area contributed by atoms with Gasteiger partial charge in [0.1, 0.15) is 12.8 Å². The van der Waals surface area contributed by atoms with E-state index in [1.165, 1.54) is 0 Å². The summed E-state index contributed by atoms with van der Waals surface area (Å²) < 4.78 is 13.1. The summed E-state index contributed by atoms with van der Waals surface area (Å²) in [5.41, 5.74) is 0. The van der Waals surface area contributed by atoms with E-state index in [4.69, 9.17) is 0 Å². The van der Waals surface area contributed by atoms with Crippen molar-refractivity contribution < 1.29 is 24.2 Å². The van der Waals surface area contributed by atoms with Gasteiger partial charge in [0.2, 0.25) is 0 Å². The smallest absolute Gasteiger partial charge is 0.259 e. The Morgan fingerprint density at radius 2 is 1.00 bits per heavy atom. The molecule has 13 nitrogen and oxygen atoms in total. The van der Waals surface area contributed by atoms with Crippen LogP contribution in [0, 0.1) is 40.5 Å². The van der Waals surface area contributed by atoms with E-state index in [-0.39, 0.29) is 5.12 Å². The summed E-state index contributed by atoms with van der Waals surface area (Å²) in [6.45, 7) is -1.48. The number of hydrogen-bond acceptors (Lipinski definition) is 9. The zero-order valence-electron chi connectivity index (χ0n) is 9.86. The molecular formula is C6H10FN5O8. The van der Waals surface area contributed by atoms with Crippen molar-refractivity contribution in [1.29, 1.82) is 0 Å². The van der Waals surface area contributed by atoms with Crippen molar-refractivity contribution in [3.63, 3.8) is 0 Å². The van der Waals surface area contributed by atoms with Crippen LogP contribution in [0.5, 0.6) is 0 Å². The highest BCUT2D eigenvalue weighted by molar-refractivity contribution is 4.52. The highest BCUT2D eigenvalue weighted by Gasteiger charge is 2.35. The van der Waals surface area contributed by atoms with Gasteiger partial charge in [-0.15, -0.1) is 9.60 Å². The summed E-state index contributed by atoms with van der Waals surface area (Å²) in [6.07, 6.45) is -5.93. The number of nitrogens with zero attached hydrogens (tertiary/aromatic N) is 5. The molecule has 0 N–H and O–H groups in total. The maximum Gasteiger partial charge on any atom is 0.452 e. The largest absolute Gasteiger partial charge is 0.452 e. The monoisotopic (exact) mass is 299 g/mol. The fraction of sp³-hybridized carbons (Fsp3) is 1.00. The molecule has 0 radical (unpaired) electrons. The predicted octanol–water partition coefficient (Wildman–Crippen LogP) is -0.288. The van der Waals surface area contributed by atoms with E-state index in [1.54, 1.807) is 0 Å². The maximum atomic E-state index is 13.1. The van der Waals surface area contributed by atoms with E-state index >= 15 is 0 Å². The molecule has 14 heteroatoms. The van der Waals surface area contributed by atoms with E-state index in [2.05, 4.69) is 0 Å². The average Bonchev–Trinajstić information content (AvgIpc) is 2.27. The Morgan fingerprint density at radius 3 is 1.20 bits per heavy atom. The molecule has 0 heterocycles. The standard InChI is InChI=1S/C6H10FN5O8/c7-8(3-1-5(9(13)14)10(15)16)4-2-6(11(17)18)12(19)20/h5-6H,1-4H2. The molecule has 20 heavy (non-hydrogen) atoms. The molecule has 0 fully saturated rings. The summed E-state index contributed by atoms with van der Waals surface area (Å²) in [6, 6.07) is 0. The molecular weight excluding hydrogens is 289 g/mol. The van der Waals surface area contributed by atoms with Gasteiger partial charge in [0.25, 0.3) is 0 Å². The first-order valence-electron chi connectivity index (χ1n) is 5.11. The molecule has 0 aromatic heterocycles. The van der Waals surface area contributed by atoms with Gasteiger partial charge >= 0.3 is 12.3 Å². The highest BCUT2D eigenvalue weighted by Crippen LogP contribution is 2.05. The summed E-state index contributed by atoms with van der Waals surface area (Å²) in [4.78, 5) is 36.2. The first-order chi connectivity index (χ1) is 9.16. The second kappa shape index (κ2) is 7.82. The minimum absolute atomic E-state index is 0.167. The average molecular weight is 299 g/mol. The van der Waals surface area contributed by atoms with E-state index in [1.807, 2.05) is 0 Å². The minimum Gasteiger partial charge on any atom is -0.259 e. The third-order valence-electron chi connectivity index (χ3n) is 2.23. The van der Waals surface area contributed by atoms with Crippen LogP contribution in [0.2, 0.25) is 0 Å².